The third-order valence-corrected chi connectivity index (χ3v) is 2.99. The molecule has 0 aliphatic heterocycles. The number of hydrogen-bond acceptors (Lipinski definition) is 4. The molecule has 1 heterocycles. The standard InChI is InChI=1S/C10H8Cl2N2OS/c1-16-5-9-13-10(14-15-9)7-3-2-6(11)4-8(7)12/h2-4H,5H2,1H3. The lowest BCUT2D eigenvalue weighted by atomic mass is 10.2. The van der Waals surface area contributed by atoms with E-state index in [1.165, 1.54) is 0 Å². The summed E-state index contributed by atoms with van der Waals surface area (Å²) < 4.78 is 5.07. The lowest BCUT2D eigenvalue weighted by molar-refractivity contribution is 0.392. The van der Waals surface area contributed by atoms with Crippen LogP contribution in [0, 0.1) is 0 Å². The van der Waals surface area contributed by atoms with Crippen molar-refractivity contribution in [3.63, 3.8) is 0 Å². The van der Waals surface area contributed by atoms with E-state index in [4.69, 9.17) is 27.7 Å². The second-order valence-corrected chi connectivity index (χ2v) is 4.78. The van der Waals surface area contributed by atoms with Crippen molar-refractivity contribution in [2.75, 3.05) is 6.26 Å². The zero-order valence-electron chi connectivity index (χ0n) is 8.41. The van der Waals surface area contributed by atoms with E-state index in [0.717, 1.165) is 5.56 Å². The third-order valence-electron chi connectivity index (χ3n) is 1.91. The van der Waals surface area contributed by atoms with Crippen molar-refractivity contribution < 1.29 is 4.52 Å². The van der Waals surface area contributed by atoms with Crippen molar-refractivity contribution in [3.05, 3.63) is 34.1 Å². The Morgan fingerprint density at radius 2 is 2.19 bits per heavy atom. The molecule has 0 unspecified atom stereocenters. The van der Waals surface area contributed by atoms with E-state index in [-0.39, 0.29) is 0 Å². The van der Waals surface area contributed by atoms with Gasteiger partial charge >= 0.3 is 0 Å². The Balaban J connectivity index is 2.35. The van der Waals surface area contributed by atoms with Gasteiger partial charge in [-0.05, 0) is 24.5 Å². The second-order valence-electron chi connectivity index (χ2n) is 3.07. The van der Waals surface area contributed by atoms with Crippen molar-refractivity contribution in [1.29, 1.82) is 0 Å². The highest BCUT2D eigenvalue weighted by Gasteiger charge is 2.11. The van der Waals surface area contributed by atoms with E-state index in [1.807, 2.05) is 6.26 Å². The first-order valence-corrected chi connectivity index (χ1v) is 6.62. The first kappa shape index (κ1) is 11.8. The molecule has 0 amide bonds. The van der Waals surface area contributed by atoms with Gasteiger partial charge in [-0.25, -0.2) is 0 Å². The van der Waals surface area contributed by atoms with Crippen LogP contribution in [0.4, 0.5) is 0 Å². The molecule has 2 rings (SSSR count). The van der Waals surface area contributed by atoms with Gasteiger partial charge in [-0.2, -0.15) is 16.7 Å². The Bertz CT molecular complexity index is 501. The summed E-state index contributed by atoms with van der Waals surface area (Å²) in [5.74, 6) is 1.78. The molecule has 1 aromatic carbocycles. The summed E-state index contributed by atoms with van der Waals surface area (Å²) in [6.07, 6.45) is 1.97. The molecular weight excluding hydrogens is 267 g/mol. The van der Waals surface area contributed by atoms with Gasteiger partial charge in [0.2, 0.25) is 11.7 Å². The van der Waals surface area contributed by atoms with Crippen LogP contribution in [0.15, 0.2) is 22.7 Å². The molecular formula is C10H8Cl2N2OS. The molecule has 0 aliphatic rings. The topological polar surface area (TPSA) is 38.9 Å². The summed E-state index contributed by atoms with van der Waals surface area (Å²) in [4.78, 5) is 4.23. The molecule has 0 atom stereocenters. The van der Waals surface area contributed by atoms with Crippen molar-refractivity contribution >= 4 is 35.0 Å². The first-order valence-electron chi connectivity index (χ1n) is 4.47. The number of benzene rings is 1. The monoisotopic (exact) mass is 274 g/mol. The number of aromatic nitrogens is 2. The summed E-state index contributed by atoms with van der Waals surface area (Å²) in [6.45, 7) is 0. The lowest BCUT2D eigenvalue weighted by Gasteiger charge is -1.98. The van der Waals surface area contributed by atoms with Gasteiger partial charge in [-0.3, -0.25) is 0 Å². The minimum absolute atomic E-state index is 0.491. The molecule has 84 valence electrons. The molecule has 0 saturated carbocycles. The SMILES string of the molecule is CSCc1nc(-c2ccc(Cl)cc2Cl)no1. The molecule has 0 radical (unpaired) electrons. The van der Waals surface area contributed by atoms with Crippen molar-refractivity contribution in [2.24, 2.45) is 0 Å². The molecule has 2 aromatic rings. The zero-order chi connectivity index (χ0) is 11.5. The van der Waals surface area contributed by atoms with Gasteiger partial charge in [0, 0.05) is 10.6 Å². The van der Waals surface area contributed by atoms with Crippen LogP contribution in [0.25, 0.3) is 11.4 Å². The fraction of sp³-hybridized carbons (Fsp3) is 0.200. The van der Waals surface area contributed by atoms with Crippen molar-refractivity contribution in [3.8, 4) is 11.4 Å². The van der Waals surface area contributed by atoms with E-state index in [0.29, 0.717) is 27.5 Å². The quantitative estimate of drug-likeness (QED) is 0.851. The maximum Gasteiger partial charge on any atom is 0.236 e. The number of hydrogen-bond donors (Lipinski definition) is 0. The zero-order valence-corrected chi connectivity index (χ0v) is 10.7. The normalized spacial score (nSPS) is 10.7. The minimum Gasteiger partial charge on any atom is -0.338 e. The molecule has 6 heteroatoms. The molecule has 0 N–H and O–H groups in total. The highest BCUT2D eigenvalue weighted by molar-refractivity contribution is 7.97. The smallest absolute Gasteiger partial charge is 0.236 e. The Hall–Kier alpha value is -0.710. The summed E-state index contributed by atoms with van der Waals surface area (Å²) in [5.41, 5.74) is 0.724. The average molecular weight is 275 g/mol. The van der Waals surface area contributed by atoms with Gasteiger partial charge in [0.15, 0.2) is 0 Å². The molecule has 0 spiro atoms. The maximum atomic E-state index is 6.04. The van der Waals surface area contributed by atoms with Gasteiger partial charge in [0.1, 0.15) is 0 Å². The first-order chi connectivity index (χ1) is 7.70. The van der Waals surface area contributed by atoms with Gasteiger partial charge in [-0.15, -0.1) is 0 Å². The van der Waals surface area contributed by atoms with Gasteiger partial charge < -0.3 is 4.52 Å². The number of thioether (sulfide) groups is 1. The molecule has 3 nitrogen and oxygen atoms in total. The minimum atomic E-state index is 0.491. The van der Waals surface area contributed by atoms with Crippen LogP contribution in [-0.2, 0) is 5.75 Å². The number of halogens is 2. The van der Waals surface area contributed by atoms with Crippen LogP contribution in [0.5, 0.6) is 0 Å². The second kappa shape index (κ2) is 5.08. The van der Waals surface area contributed by atoms with Gasteiger partial charge in [0.25, 0.3) is 0 Å². The fourth-order valence-electron chi connectivity index (χ4n) is 1.22. The van der Waals surface area contributed by atoms with Crippen LogP contribution in [-0.4, -0.2) is 16.4 Å². The molecule has 1 aromatic heterocycles. The van der Waals surface area contributed by atoms with Crippen LogP contribution in [0.3, 0.4) is 0 Å². The highest BCUT2D eigenvalue weighted by Crippen LogP contribution is 2.28. The van der Waals surface area contributed by atoms with E-state index in [9.17, 15) is 0 Å². The Morgan fingerprint density at radius 3 is 2.88 bits per heavy atom. The Labute approximate surface area is 107 Å². The Morgan fingerprint density at radius 1 is 1.38 bits per heavy atom. The molecule has 16 heavy (non-hydrogen) atoms. The van der Waals surface area contributed by atoms with Crippen LogP contribution >= 0.6 is 35.0 Å². The largest absolute Gasteiger partial charge is 0.338 e. The lowest BCUT2D eigenvalue weighted by Crippen LogP contribution is -1.83. The number of nitrogens with zero attached hydrogens (tertiary/aromatic N) is 2. The molecule has 0 fully saturated rings. The van der Waals surface area contributed by atoms with E-state index in [1.54, 1.807) is 30.0 Å². The summed E-state index contributed by atoms with van der Waals surface area (Å²) in [6, 6.07) is 5.18. The van der Waals surface area contributed by atoms with E-state index in [2.05, 4.69) is 10.1 Å². The third kappa shape index (κ3) is 2.51. The molecule has 0 aliphatic carbocycles. The fourth-order valence-corrected chi connectivity index (χ4v) is 2.07. The van der Waals surface area contributed by atoms with Crippen molar-refractivity contribution in [1.82, 2.24) is 10.1 Å². The van der Waals surface area contributed by atoms with E-state index < -0.39 is 0 Å². The highest BCUT2D eigenvalue weighted by atomic mass is 35.5. The maximum absolute atomic E-state index is 6.04. The van der Waals surface area contributed by atoms with Crippen LogP contribution in [0.2, 0.25) is 10.0 Å². The number of rotatable bonds is 3. The average Bonchev–Trinajstić information content (AvgIpc) is 2.67. The van der Waals surface area contributed by atoms with Crippen molar-refractivity contribution in [2.45, 2.75) is 5.75 Å². The summed E-state index contributed by atoms with van der Waals surface area (Å²) in [5, 5.41) is 4.97. The Kier molecular flexibility index (Phi) is 3.74. The molecule has 0 bridgehead atoms. The van der Waals surface area contributed by atoms with Crippen LogP contribution < -0.4 is 0 Å². The summed E-state index contributed by atoms with van der Waals surface area (Å²) >= 11 is 13.5. The molecule has 0 saturated heterocycles. The van der Waals surface area contributed by atoms with E-state index >= 15 is 0 Å². The van der Waals surface area contributed by atoms with Crippen LogP contribution in [0.1, 0.15) is 5.89 Å². The predicted molar refractivity (Wildman–Crippen MR) is 67.0 cm³/mol. The summed E-state index contributed by atoms with van der Waals surface area (Å²) in [7, 11) is 0. The predicted octanol–water partition coefficient (Wildman–Crippen LogP) is 3.91. The van der Waals surface area contributed by atoms with Gasteiger partial charge in [0.05, 0.1) is 10.8 Å². The van der Waals surface area contributed by atoms with Gasteiger partial charge in [-0.1, -0.05) is 28.4 Å².